The predicted octanol–water partition coefficient (Wildman–Crippen LogP) is 1.47. The van der Waals surface area contributed by atoms with Crippen molar-refractivity contribution in [2.24, 2.45) is 5.92 Å². The van der Waals surface area contributed by atoms with Crippen LogP contribution in [0.1, 0.15) is 40.5 Å². The van der Waals surface area contributed by atoms with Crippen molar-refractivity contribution in [1.82, 2.24) is 4.31 Å². The third kappa shape index (κ3) is 2.55. The number of rotatable bonds is 4. The molecular weight excluding hydrogens is 238 g/mol. The summed E-state index contributed by atoms with van der Waals surface area (Å²) in [4.78, 5) is 11.8. The van der Waals surface area contributed by atoms with E-state index in [2.05, 4.69) is 0 Å². The van der Waals surface area contributed by atoms with E-state index in [1.807, 2.05) is 25.1 Å². The molecule has 5 heteroatoms. The van der Waals surface area contributed by atoms with Crippen LogP contribution in [-0.2, 0) is 20.5 Å². The van der Waals surface area contributed by atoms with Crippen LogP contribution in [0.3, 0.4) is 0 Å². The maximum atomic E-state index is 12.3. The molecule has 0 N–H and O–H groups in total. The van der Waals surface area contributed by atoms with Gasteiger partial charge in [0, 0.05) is 0 Å². The monoisotopic (exact) mass is 259 g/mol. The Morgan fingerprint density at radius 3 is 2.41 bits per heavy atom. The lowest BCUT2D eigenvalue weighted by atomic mass is 10.2. The van der Waals surface area contributed by atoms with Gasteiger partial charge in [0.05, 0.1) is 17.4 Å². The highest BCUT2D eigenvalue weighted by Crippen LogP contribution is 2.49. The number of nitrogens with zero attached hydrogens (tertiary/aromatic N) is 1. The van der Waals surface area contributed by atoms with Crippen LogP contribution in [0.15, 0.2) is 0 Å². The summed E-state index contributed by atoms with van der Waals surface area (Å²) < 4.78 is 18.9. The van der Waals surface area contributed by atoms with Crippen LogP contribution in [0.4, 0.5) is 0 Å². The summed E-state index contributed by atoms with van der Waals surface area (Å²) in [5.41, 5.74) is 0. The Labute approximate surface area is 105 Å². The molecule has 4 atom stereocenters. The molecule has 0 aromatic carbocycles. The number of ether oxygens (including phenoxy) is 1. The van der Waals surface area contributed by atoms with E-state index in [0.717, 1.165) is 12.8 Å². The summed E-state index contributed by atoms with van der Waals surface area (Å²) in [5, 5.41) is 0. The summed E-state index contributed by atoms with van der Waals surface area (Å²) in [6, 6.07) is -0.100. The Bertz CT molecular complexity index is 346. The first-order chi connectivity index (χ1) is 7.88. The van der Waals surface area contributed by atoms with Gasteiger partial charge in [-0.3, -0.25) is 4.79 Å². The Hall–Kier alpha value is -0.420. The third-order valence-electron chi connectivity index (χ3n) is 3.15. The van der Waals surface area contributed by atoms with Crippen molar-refractivity contribution in [3.8, 4) is 0 Å². The first kappa shape index (κ1) is 13.0. The molecule has 1 saturated heterocycles. The molecule has 0 spiro atoms. The van der Waals surface area contributed by atoms with Gasteiger partial charge in [-0.15, -0.1) is 0 Å². The molecular formula is C12H21NO3S. The van der Waals surface area contributed by atoms with Gasteiger partial charge >= 0.3 is 5.97 Å². The standard InChI is InChI=1S/C12H21NO3S/c1-5-16-11(14)10-9(8-6-7-8)13(10)17(15)12(2,3)4/h8-10H,5-7H2,1-4H3/t9-,10-,13?,17-/m0/s1. The van der Waals surface area contributed by atoms with Crippen molar-refractivity contribution < 1.29 is 13.7 Å². The molecule has 2 aliphatic rings. The molecule has 4 nitrogen and oxygen atoms in total. The highest BCUT2D eigenvalue weighted by molar-refractivity contribution is 7.84. The molecule has 1 saturated carbocycles. The molecule has 1 aliphatic heterocycles. The first-order valence-corrected chi connectivity index (χ1v) is 7.35. The molecule has 0 radical (unpaired) electrons. The minimum atomic E-state index is -1.11. The number of hydrogen-bond acceptors (Lipinski definition) is 3. The van der Waals surface area contributed by atoms with Crippen molar-refractivity contribution in [2.45, 2.75) is 57.4 Å². The maximum absolute atomic E-state index is 12.3. The fourth-order valence-corrected chi connectivity index (χ4v) is 3.64. The molecule has 2 fully saturated rings. The zero-order chi connectivity index (χ0) is 12.8. The lowest BCUT2D eigenvalue weighted by Gasteiger charge is -2.18. The molecule has 1 unspecified atom stereocenters. The van der Waals surface area contributed by atoms with E-state index in [9.17, 15) is 9.00 Å². The van der Waals surface area contributed by atoms with E-state index in [4.69, 9.17) is 4.74 Å². The minimum Gasteiger partial charge on any atom is -0.465 e. The maximum Gasteiger partial charge on any atom is 0.326 e. The van der Waals surface area contributed by atoms with E-state index < -0.39 is 11.0 Å². The number of hydrogen-bond donors (Lipinski definition) is 0. The Morgan fingerprint density at radius 2 is 2.00 bits per heavy atom. The van der Waals surface area contributed by atoms with Gasteiger partial charge < -0.3 is 4.74 Å². The molecule has 2 rings (SSSR count). The zero-order valence-electron chi connectivity index (χ0n) is 10.9. The van der Waals surface area contributed by atoms with E-state index in [-0.39, 0.29) is 22.8 Å². The summed E-state index contributed by atoms with van der Waals surface area (Å²) in [6.45, 7) is 8.01. The van der Waals surface area contributed by atoms with Gasteiger partial charge in [0.1, 0.15) is 17.0 Å². The molecule has 17 heavy (non-hydrogen) atoms. The van der Waals surface area contributed by atoms with Gasteiger partial charge in [0.2, 0.25) is 0 Å². The van der Waals surface area contributed by atoms with Gasteiger partial charge in [-0.1, -0.05) is 0 Å². The van der Waals surface area contributed by atoms with Gasteiger partial charge in [0.25, 0.3) is 0 Å². The van der Waals surface area contributed by atoms with Crippen molar-refractivity contribution in [1.29, 1.82) is 0 Å². The third-order valence-corrected chi connectivity index (χ3v) is 5.05. The fraction of sp³-hybridized carbons (Fsp3) is 0.917. The van der Waals surface area contributed by atoms with E-state index in [1.54, 1.807) is 6.92 Å². The van der Waals surface area contributed by atoms with E-state index in [1.165, 1.54) is 0 Å². The van der Waals surface area contributed by atoms with Gasteiger partial charge in [0.15, 0.2) is 0 Å². The second-order valence-electron chi connectivity index (χ2n) is 5.75. The van der Waals surface area contributed by atoms with Crippen molar-refractivity contribution in [3.63, 3.8) is 0 Å². The fourth-order valence-electron chi connectivity index (χ4n) is 2.13. The lowest BCUT2D eigenvalue weighted by molar-refractivity contribution is -0.143. The second-order valence-corrected chi connectivity index (χ2v) is 7.89. The summed E-state index contributed by atoms with van der Waals surface area (Å²) in [5.74, 6) is 0.345. The van der Waals surface area contributed by atoms with Gasteiger partial charge in [-0.05, 0) is 46.5 Å². The summed E-state index contributed by atoms with van der Waals surface area (Å²) >= 11 is 0. The van der Waals surface area contributed by atoms with Crippen LogP contribution in [0.2, 0.25) is 0 Å². The quantitative estimate of drug-likeness (QED) is 0.567. The number of carbonyl (C=O) groups is 1. The molecule has 0 aromatic rings. The molecule has 98 valence electrons. The van der Waals surface area contributed by atoms with Crippen LogP contribution < -0.4 is 0 Å². The van der Waals surface area contributed by atoms with Crippen molar-refractivity contribution in [3.05, 3.63) is 0 Å². The smallest absolute Gasteiger partial charge is 0.326 e. The normalized spacial score (nSPS) is 34.2. The largest absolute Gasteiger partial charge is 0.465 e. The van der Waals surface area contributed by atoms with Crippen LogP contribution >= 0.6 is 0 Å². The van der Waals surface area contributed by atoms with E-state index >= 15 is 0 Å². The average Bonchev–Trinajstić information content (AvgIpc) is 3.08. The second kappa shape index (κ2) is 4.35. The summed E-state index contributed by atoms with van der Waals surface area (Å²) in [6.07, 6.45) is 2.30. The minimum absolute atomic E-state index is 0.161. The molecule has 0 aromatic heterocycles. The predicted molar refractivity (Wildman–Crippen MR) is 66.7 cm³/mol. The van der Waals surface area contributed by atoms with Crippen molar-refractivity contribution >= 4 is 17.0 Å². The van der Waals surface area contributed by atoms with E-state index in [0.29, 0.717) is 12.5 Å². The summed E-state index contributed by atoms with van der Waals surface area (Å²) in [7, 11) is -1.11. The average molecular weight is 259 g/mol. The molecule has 1 aliphatic carbocycles. The van der Waals surface area contributed by atoms with Crippen LogP contribution in [-0.4, -0.2) is 37.9 Å². The molecule has 0 amide bonds. The van der Waals surface area contributed by atoms with Gasteiger partial charge in [-0.2, -0.15) is 0 Å². The Balaban J connectivity index is 2.06. The number of esters is 1. The lowest BCUT2D eigenvalue weighted by Crippen LogP contribution is -2.30. The van der Waals surface area contributed by atoms with Crippen LogP contribution in [0, 0.1) is 5.92 Å². The van der Waals surface area contributed by atoms with Crippen molar-refractivity contribution in [2.75, 3.05) is 6.61 Å². The molecule has 0 bridgehead atoms. The first-order valence-electron chi connectivity index (χ1n) is 6.25. The van der Waals surface area contributed by atoms with Crippen LogP contribution in [0.5, 0.6) is 0 Å². The topological polar surface area (TPSA) is 46.4 Å². The highest BCUT2D eigenvalue weighted by Gasteiger charge is 2.63. The highest BCUT2D eigenvalue weighted by atomic mass is 32.2. The number of carbonyl (C=O) groups excluding carboxylic acids is 1. The Kier molecular flexibility index (Phi) is 3.34. The molecule has 1 heterocycles. The zero-order valence-corrected chi connectivity index (χ0v) is 11.8. The Morgan fingerprint density at radius 1 is 1.41 bits per heavy atom. The van der Waals surface area contributed by atoms with Gasteiger partial charge in [-0.25, -0.2) is 8.51 Å². The SMILES string of the molecule is CCOC(=O)[C@@H]1[C@H](C2CC2)N1[S@@](=O)C(C)(C)C. The van der Waals surface area contributed by atoms with Crippen LogP contribution in [0.25, 0.3) is 0 Å².